The highest BCUT2D eigenvalue weighted by atomic mass is 16.5. The third-order valence-corrected chi connectivity index (χ3v) is 5.47. The van der Waals surface area contributed by atoms with Crippen molar-refractivity contribution in [1.29, 1.82) is 0 Å². The van der Waals surface area contributed by atoms with Crippen molar-refractivity contribution in [3.8, 4) is 5.75 Å². The maximum absolute atomic E-state index is 9.40. The second-order valence-electron chi connectivity index (χ2n) is 7.24. The minimum Gasteiger partial charge on any atom is -0.492 e. The van der Waals surface area contributed by atoms with E-state index < -0.39 is 0 Å². The highest BCUT2D eigenvalue weighted by Crippen LogP contribution is 2.30. The van der Waals surface area contributed by atoms with E-state index in [9.17, 15) is 5.11 Å². The molecule has 4 rings (SSSR count). The predicted molar refractivity (Wildman–Crippen MR) is 96.3 cm³/mol. The van der Waals surface area contributed by atoms with Gasteiger partial charge < -0.3 is 14.4 Å². The lowest BCUT2D eigenvalue weighted by Crippen LogP contribution is -2.27. The molecule has 2 aliphatic rings. The van der Waals surface area contributed by atoms with Crippen LogP contribution in [0.3, 0.4) is 0 Å². The highest BCUT2D eigenvalue weighted by Gasteiger charge is 2.21. The molecule has 1 N–H and O–H groups in total. The van der Waals surface area contributed by atoms with Gasteiger partial charge in [-0.1, -0.05) is 25.3 Å². The van der Waals surface area contributed by atoms with E-state index in [0.717, 1.165) is 36.5 Å². The van der Waals surface area contributed by atoms with Gasteiger partial charge >= 0.3 is 0 Å². The number of fused-ring (bicyclic) bond motifs is 1. The smallest absolute Gasteiger partial charge is 0.123 e. The monoisotopic (exact) mass is 341 g/mol. The highest BCUT2D eigenvalue weighted by molar-refractivity contribution is 5.37. The van der Waals surface area contributed by atoms with E-state index in [1.807, 2.05) is 24.7 Å². The Morgan fingerprint density at radius 2 is 2.08 bits per heavy atom. The summed E-state index contributed by atoms with van der Waals surface area (Å²) in [7, 11) is 0. The van der Waals surface area contributed by atoms with Gasteiger partial charge in [0.1, 0.15) is 12.4 Å². The summed E-state index contributed by atoms with van der Waals surface area (Å²) in [5.41, 5.74) is 3.40. The summed E-state index contributed by atoms with van der Waals surface area (Å²) in [4.78, 5) is 6.85. The Labute approximate surface area is 149 Å². The third-order valence-electron chi connectivity index (χ3n) is 5.47. The normalized spacial score (nSPS) is 19.2. The zero-order valence-electron chi connectivity index (χ0n) is 14.7. The first-order valence-corrected chi connectivity index (χ1v) is 9.42. The number of benzene rings is 1. The van der Waals surface area contributed by atoms with Crippen LogP contribution in [0.1, 0.15) is 55.0 Å². The molecule has 2 heterocycles. The fourth-order valence-electron chi connectivity index (χ4n) is 4.11. The Bertz CT molecular complexity index is 707. The van der Waals surface area contributed by atoms with Gasteiger partial charge in [-0.2, -0.15) is 0 Å². The zero-order valence-corrected chi connectivity index (χ0v) is 14.7. The number of nitrogens with zero attached hydrogens (tertiary/aromatic N) is 3. The summed E-state index contributed by atoms with van der Waals surface area (Å²) >= 11 is 0. The number of aliphatic hydroxyl groups excluding tert-OH is 1. The molecule has 0 saturated heterocycles. The number of aliphatic hydroxyl groups is 1. The van der Waals surface area contributed by atoms with Crippen molar-refractivity contribution < 1.29 is 9.84 Å². The van der Waals surface area contributed by atoms with Gasteiger partial charge in [0, 0.05) is 37.4 Å². The summed E-state index contributed by atoms with van der Waals surface area (Å²) in [6, 6.07) is 6.60. The molecule has 0 radical (unpaired) electrons. The second kappa shape index (κ2) is 7.58. The van der Waals surface area contributed by atoms with Crippen molar-refractivity contribution in [3.05, 3.63) is 47.5 Å². The molecule has 1 aromatic carbocycles. The lowest BCUT2D eigenvalue weighted by molar-refractivity contribution is 0.212. The molecule has 1 aliphatic heterocycles. The molecule has 25 heavy (non-hydrogen) atoms. The maximum Gasteiger partial charge on any atom is 0.123 e. The van der Waals surface area contributed by atoms with Crippen LogP contribution in [0.25, 0.3) is 0 Å². The molecule has 0 unspecified atom stereocenters. The van der Waals surface area contributed by atoms with E-state index in [1.54, 1.807) is 0 Å². The average Bonchev–Trinajstić information content (AvgIpc) is 3.01. The number of hydrogen-bond acceptors (Lipinski definition) is 4. The summed E-state index contributed by atoms with van der Waals surface area (Å²) in [5.74, 6) is 0.945. The van der Waals surface area contributed by atoms with Crippen LogP contribution in [-0.2, 0) is 19.7 Å². The van der Waals surface area contributed by atoms with Crippen molar-refractivity contribution in [2.24, 2.45) is 0 Å². The van der Waals surface area contributed by atoms with Crippen LogP contribution in [0, 0.1) is 0 Å². The van der Waals surface area contributed by atoms with E-state index in [1.165, 1.54) is 37.8 Å². The van der Waals surface area contributed by atoms with Gasteiger partial charge in [0.25, 0.3) is 0 Å². The summed E-state index contributed by atoms with van der Waals surface area (Å²) in [6.07, 6.45) is 10.6. The minimum absolute atomic E-state index is 0.0712. The van der Waals surface area contributed by atoms with E-state index in [4.69, 9.17) is 4.74 Å². The predicted octanol–water partition coefficient (Wildman–Crippen LogP) is 3.28. The summed E-state index contributed by atoms with van der Waals surface area (Å²) in [5, 5.41) is 9.40. The van der Waals surface area contributed by atoms with E-state index in [0.29, 0.717) is 12.6 Å². The molecule has 0 bridgehead atoms. The topological polar surface area (TPSA) is 50.5 Å². The van der Waals surface area contributed by atoms with Crippen molar-refractivity contribution in [1.82, 2.24) is 14.5 Å². The Morgan fingerprint density at radius 1 is 1.20 bits per heavy atom. The van der Waals surface area contributed by atoms with Crippen LogP contribution in [0.15, 0.2) is 30.7 Å². The van der Waals surface area contributed by atoms with Gasteiger partial charge in [-0.25, -0.2) is 4.98 Å². The average molecular weight is 341 g/mol. The van der Waals surface area contributed by atoms with Crippen molar-refractivity contribution in [2.45, 2.75) is 57.8 Å². The van der Waals surface area contributed by atoms with Crippen molar-refractivity contribution >= 4 is 0 Å². The first-order valence-electron chi connectivity index (χ1n) is 9.42. The molecule has 0 atom stereocenters. The zero-order chi connectivity index (χ0) is 17.1. The Morgan fingerprint density at radius 3 is 2.92 bits per heavy atom. The molecule has 5 heteroatoms. The molecule has 1 aromatic heterocycles. The van der Waals surface area contributed by atoms with Crippen LogP contribution in [0.2, 0.25) is 0 Å². The van der Waals surface area contributed by atoms with Crippen LogP contribution in [0.4, 0.5) is 0 Å². The van der Waals surface area contributed by atoms with Gasteiger partial charge in [-0.3, -0.25) is 4.90 Å². The van der Waals surface area contributed by atoms with Crippen molar-refractivity contribution in [2.75, 3.05) is 13.2 Å². The molecule has 1 saturated carbocycles. The minimum atomic E-state index is 0.0712. The number of aromatic nitrogens is 2. The fourth-order valence-corrected chi connectivity index (χ4v) is 4.11. The SMILES string of the molecule is OCc1ccc2c(c1)CN(Cc1cncn1C1CCCCC1)CCO2. The lowest BCUT2D eigenvalue weighted by atomic mass is 9.95. The van der Waals surface area contributed by atoms with E-state index in [2.05, 4.69) is 20.5 Å². The molecule has 1 aliphatic carbocycles. The quantitative estimate of drug-likeness (QED) is 0.927. The van der Waals surface area contributed by atoms with Gasteiger partial charge in [-0.15, -0.1) is 0 Å². The van der Waals surface area contributed by atoms with Gasteiger partial charge in [-0.05, 0) is 30.5 Å². The van der Waals surface area contributed by atoms with Crippen LogP contribution >= 0.6 is 0 Å². The summed E-state index contributed by atoms with van der Waals surface area (Å²) < 4.78 is 8.30. The third kappa shape index (κ3) is 3.72. The molecule has 0 amide bonds. The lowest BCUT2D eigenvalue weighted by Gasteiger charge is -2.27. The van der Waals surface area contributed by atoms with Crippen LogP contribution in [-0.4, -0.2) is 32.7 Å². The number of hydrogen-bond donors (Lipinski definition) is 1. The largest absolute Gasteiger partial charge is 0.492 e. The second-order valence-corrected chi connectivity index (χ2v) is 7.24. The van der Waals surface area contributed by atoms with E-state index >= 15 is 0 Å². The molecular formula is C20H27N3O2. The molecule has 5 nitrogen and oxygen atoms in total. The summed E-state index contributed by atoms with van der Waals surface area (Å²) in [6.45, 7) is 3.41. The molecule has 0 spiro atoms. The van der Waals surface area contributed by atoms with E-state index in [-0.39, 0.29) is 6.61 Å². The molecule has 1 fully saturated rings. The maximum atomic E-state index is 9.40. The first kappa shape index (κ1) is 16.6. The van der Waals surface area contributed by atoms with Gasteiger partial charge in [0.2, 0.25) is 0 Å². The number of imidazole rings is 1. The van der Waals surface area contributed by atoms with Gasteiger partial charge in [0.15, 0.2) is 0 Å². The fraction of sp³-hybridized carbons (Fsp3) is 0.550. The molecule has 134 valence electrons. The molecule has 2 aromatic rings. The molecular weight excluding hydrogens is 314 g/mol. The number of ether oxygens (including phenoxy) is 1. The Balaban J connectivity index is 1.50. The first-order chi connectivity index (χ1) is 12.3. The van der Waals surface area contributed by atoms with Crippen LogP contribution in [0.5, 0.6) is 5.75 Å². The Hall–Kier alpha value is -1.85. The number of rotatable bonds is 4. The van der Waals surface area contributed by atoms with Crippen LogP contribution < -0.4 is 4.74 Å². The Kier molecular flexibility index (Phi) is 5.04. The van der Waals surface area contributed by atoms with Crippen molar-refractivity contribution in [3.63, 3.8) is 0 Å². The van der Waals surface area contributed by atoms with Gasteiger partial charge in [0.05, 0.1) is 18.6 Å². The standard InChI is InChI=1S/C20H27N3O2/c24-14-16-6-7-20-17(10-16)12-22(8-9-25-20)13-19-11-21-15-23(19)18-4-2-1-3-5-18/h6-7,10-11,15,18,24H,1-5,8-9,12-14H2.